The number of hydrogen-bond donors (Lipinski definition) is 2. The number of carbonyl (C=O) groups excluding carboxylic acids is 1. The van der Waals surface area contributed by atoms with Crippen molar-refractivity contribution < 1.29 is 19.0 Å². The Morgan fingerprint density at radius 1 is 1.45 bits per heavy atom. The van der Waals surface area contributed by atoms with Gasteiger partial charge in [-0.1, -0.05) is 6.07 Å². The lowest BCUT2D eigenvalue weighted by molar-refractivity contribution is -0.141. The molecule has 1 aliphatic rings. The van der Waals surface area contributed by atoms with E-state index in [0.29, 0.717) is 16.6 Å². The van der Waals surface area contributed by atoms with Crippen LogP contribution in [0, 0.1) is 0 Å². The largest absolute Gasteiger partial charge is 0.469 e. The van der Waals surface area contributed by atoms with Crippen LogP contribution in [0.2, 0.25) is 0 Å². The number of rotatable bonds is 4. The van der Waals surface area contributed by atoms with Crippen molar-refractivity contribution in [2.24, 2.45) is 0 Å². The van der Waals surface area contributed by atoms with E-state index in [0.717, 1.165) is 5.56 Å². The summed E-state index contributed by atoms with van der Waals surface area (Å²) in [5, 5.41) is 6.34. The van der Waals surface area contributed by atoms with Gasteiger partial charge in [-0.3, -0.25) is 4.79 Å². The molecule has 0 saturated carbocycles. The van der Waals surface area contributed by atoms with Gasteiger partial charge in [-0.2, -0.15) is 0 Å². The molecule has 0 radical (unpaired) electrons. The predicted octanol–water partition coefficient (Wildman–Crippen LogP) is 1.11. The Morgan fingerprint density at radius 3 is 2.90 bits per heavy atom. The summed E-state index contributed by atoms with van der Waals surface area (Å²) in [6.07, 6.45) is 0.165. The summed E-state index contributed by atoms with van der Waals surface area (Å²) in [5.74, 6) is 1.04. The number of methoxy groups -OCH3 is 1. The molecule has 1 aliphatic heterocycles. The minimum absolute atomic E-state index is 0.165. The summed E-state index contributed by atoms with van der Waals surface area (Å²) in [6, 6.07) is 5.22. The van der Waals surface area contributed by atoms with Crippen LogP contribution in [-0.4, -0.2) is 32.0 Å². The summed E-state index contributed by atoms with van der Waals surface area (Å²) in [5.41, 5.74) is 0.872. The first-order chi connectivity index (χ1) is 9.63. The number of ether oxygens (including phenoxy) is 3. The van der Waals surface area contributed by atoms with Crippen molar-refractivity contribution in [2.45, 2.75) is 12.5 Å². The van der Waals surface area contributed by atoms with Gasteiger partial charge in [0.15, 0.2) is 16.6 Å². The minimum atomic E-state index is -0.320. The summed E-state index contributed by atoms with van der Waals surface area (Å²) >= 11 is 5.09. The van der Waals surface area contributed by atoms with Crippen molar-refractivity contribution >= 4 is 23.3 Å². The van der Waals surface area contributed by atoms with E-state index in [1.165, 1.54) is 7.11 Å². The molecule has 0 saturated heterocycles. The Balaban J connectivity index is 2.20. The Morgan fingerprint density at radius 2 is 2.20 bits per heavy atom. The average molecular weight is 296 g/mol. The number of hydrogen-bond acceptors (Lipinski definition) is 5. The molecule has 1 aromatic rings. The zero-order chi connectivity index (χ0) is 14.5. The van der Waals surface area contributed by atoms with Crippen LogP contribution in [0.1, 0.15) is 18.0 Å². The van der Waals surface area contributed by atoms with E-state index in [4.69, 9.17) is 26.4 Å². The number of nitrogens with one attached hydrogen (secondary N) is 2. The highest BCUT2D eigenvalue weighted by Gasteiger charge is 2.21. The van der Waals surface area contributed by atoms with Crippen molar-refractivity contribution in [2.75, 3.05) is 21.0 Å². The van der Waals surface area contributed by atoms with Crippen molar-refractivity contribution in [3.63, 3.8) is 0 Å². The van der Waals surface area contributed by atoms with Crippen LogP contribution in [0.4, 0.5) is 0 Å². The maximum absolute atomic E-state index is 11.5. The molecule has 0 bridgehead atoms. The molecule has 1 aromatic carbocycles. The van der Waals surface area contributed by atoms with Gasteiger partial charge in [0.05, 0.1) is 19.6 Å². The molecule has 0 aliphatic carbocycles. The first kappa shape index (κ1) is 14.4. The fourth-order valence-electron chi connectivity index (χ4n) is 1.86. The molecule has 1 heterocycles. The van der Waals surface area contributed by atoms with E-state index in [2.05, 4.69) is 10.6 Å². The molecule has 0 fully saturated rings. The number of esters is 1. The molecule has 2 N–H and O–H groups in total. The van der Waals surface area contributed by atoms with Gasteiger partial charge in [0.25, 0.3) is 0 Å². The van der Waals surface area contributed by atoms with E-state index < -0.39 is 0 Å². The number of fused-ring (bicyclic) bond motifs is 1. The van der Waals surface area contributed by atoms with Crippen LogP contribution in [0.5, 0.6) is 11.5 Å². The first-order valence-electron chi connectivity index (χ1n) is 6.08. The minimum Gasteiger partial charge on any atom is -0.469 e. The molecular formula is C13H16N2O4S. The van der Waals surface area contributed by atoms with Gasteiger partial charge in [-0.15, -0.1) is 0 Å². The monoisotopic (exact) mass is 296 g/mol. The van der Waals surface area contributed by atoms with Gasteiger partial charge in [0.2, 0.25) is 6.79 Å². The van der Waals surface area contributed by atoms with Gasteiger partial charge in [0.1, 0.15) is 0 Å². The Kier molecular flexibility index (Phi) is 4.62. The molecule has 108 valence electrons. The average Bonchev–Trinajstić information content (AvgIpc) is 2.93. The summed E-state index contributed by atoms with van der Waals surface area (Å²) in [4.78, 5) is 11.5. The van der Waals surface area contributed by atoms with Crippen LogP contribution < -0.4 is 20.1 Å². The second-order valence-electron chi connectivity index (χ2n) is 4.17. The van der Waals surface area contributed by atoms with Gasteiger partial charge >= 0.3 is 5.97 Å². The van der Waals surface area contributed by atoms with E-state index in [1.54, 1.807) is 7.05 Å². The van der Waals surface area contributed by atoms with Crippen molar-refractivity contribution in [3.05, 3.63) is 23.8 Å². The zero-order valence-corrected chi connectivity index (χ0v) is 12.1. The number of carbonyl (C=O) groups is 1. The highest BCUT2D eigenvalue weighted by molar-refractivity contribution is 7.80. The lowest BCUT2D eigenvalue weighted by Gasteiger charge is -2.19. The van der Waals surface area contributed by atoms with E-state index in [9.17, 15) is 4.79 Å². The lowest BCUT2D eigenvalue weighted by atomic mass is 10.0. The maximum atomic E-state index is 11.5. The van der Waals surface area contributed by atoms with Crippen molar-refractivity contribution in [1.82, 2.24) is 10.6 Å². The van der Waals surface area contributed by atoms with Crippen LogP contribution in [0.3, 0.4) is 0 Å². The van der Waals surface area contributed by atoms with Crippen LogP contribution in [-0.2, 0) is 9.53 Å². The normalized spacial score (nSPS) is 13.5. The second-order valence-corrected chi connectivity index (χ2v) is 4.58. The molecule has 6 nitrogen and oxygen atoms in total. The van der Waals surface area contributed by atoms with E-state index in [-0.39, 0.29) is 25.2 Å². The van der Waals surface area contributed by atoms with Gasteiger partial charge < -0.3 is 24.8 Å². The molecule has 0 aromatic heterocycles. The SMILES string of the molecule is CNC(=S)N[C@@H](CC(=O)OC)c1ccc2c(c1)OCO2. The van der Waals surface area contributed by atoms with Crippen LogP contribution >= 0.6 is 12.2 Å². The van der Waals surface area contributed by atoms with Gasteiger partial charge in [-0.05, 0) is 29.9 Å². The molecule has 0 unspecified atom stereocenters. The molecule has 0 amide bonds. The van der Waals surface area contributed by atoms with Gasteiger partial charge in [0, 0.05) is 7.05 Å². The second kappa shape index (κ2) is 6.42. The first-order valence-corrected chi connectivity index (χ1v) is 6.49. The standard InChI is InChI=1S/C13H16N2O4S/c1-14-13(20)15-9(6-12(16)17-2)8-3-4-10-11(5-8)19-7-18-10/h3-5,9H,6-7H2,1-2H3,(H2,14,15,20)/t9-/m0/s1. The Labute approximate surface area is 122 Å². The highest BCUT2D eigenvalue weighted by atomic mass is 32.1. The highest BCUT2D eigenvalue weighted by Crippen LogP contribution is 2.34. The smallest absolute Gasteiger partial charge is 0.307 e. The molecule has 20 heavy (non-hydrogen) atoms. The molecule has 0 spiro atoms. The van der Waals surface area contributed by atoms with E-state index in [1.807, 2.05) is 18.2 Å². The topological polar surface area (TPSA) is 68.8 Å². The third-order valence-electron chi connectivity index (χ3n) is 2.93. The summed E-state index contributed by atoms with van der Waals surface area (Å²) in [6.45, 7) is 0.211. The van der Waals surface area contributed by atoms with Crippen molar-refractivity contribution in [1.29, 1.82) is 0 Å². The van der Waals surface area contributed by atoms with Crippen LogP contribution in [0.15, 0.2) is 18.2 Å². The number of benzene rings is 1. The maximum Gasteiger partial charge on any atom is 0.307 e. The summed E-state index contributed by atoms with van der Waals surface area (Å²) < 4.78 is 15.3. The van der Waals surface area contributed by atoms with Crippen LogP contribution in [0.25, 0.3) is 0 Å². The summed E-state index contributed by atoms with van der Waals surface area (Å²) in [7, 11) is 3.07. The molecule has 2 rings (SSSR count). The lowest BCUT2D eigenvalue weighted by Crippen LogP contribution is -2.36. The van der Waals surface area contributed by atoms with Crippen molar-refractivity contribution in [3.8, 4) is 11.5 Å². The molecule has 7 heteroatoms. The zero-order valence-electron chi connectivity index (χ0n) is 11.3. The number of thiocarbonyl (C=S) groups is 1. The van der Waals surface area contributed by atoms with E-state index >= 15 is 0 Å². The fourth-order valence-corrected chi connectivity index (χ4v) is 2.00. The van der Waals surface area contributed by atoms with Gasteiger partial charge in [-0.25, -0.2) is 0 Å². The third-order valence-corrected chi connectivity index (χ3v) is 3.25. The molecular weight excluding hydrogens is 280 g/mol. The molecule has 1 atom stereocenters. The third kappa shape index (κ3) is 3.30. The Hall–Kier alpha value is -2.02. The Bertz CT molecular complexity index is 503. The fraction of sp³-hybridized carbons (Fsp3) is 0.385. The predicted molar refractivity (Wildman–Crippen MR) is 76.7 cm³/mol. The quantitative estimate of drug-likeness (QED) is 0.637.